The van der Waals surface area contributed by atoms with Gasteiger partial charge in [0.2, 0.25) is 0 Å². The van der Waals surface area contributed by atoms with E-state index in [-0.39, 0.29) is 0 Å². The van der Waals surface area contributed by atoms with Gasteiger partial charge in [0, 0.05) is 15.6 Å². The van der Waals surface area contributed by atoms with E-state index in [0.717, 1.165) is 30.9 Å². The molecule has 0 saturated carbocycles. The molecule has 25 heavy (non-hydrogen) atoms. The first-order valence-electron chi connectivity index (χ1n) is 7.44. The molecule has 0 aliphatic carbocycles. The van der Waals surface area contributed by atoms with E-state index >= 15 is 0 Å². The highest BCUT2D eigenvalue weighted by atomic mass is 32.2. The van der Waals surface area contributed by atoms with Crippen molar-refractivity contribution >= 4 is 61.8 Å². The Hall–Kier alpha value is -1.67. The first-order valence-corrected chi connectivity index (χ1v) is 11.2. The van der Waals surface area contributed by atoms with E-state index in [1.165, 1.54) is 21.4 Å². The largest absolute Gasteiger partial charge is 0.477 e. The van der Waals surface area contributed by atoms with Crippen LogP contribution in [0.1, 0.15) is 15.2 Å². The van der Waals surface area contributed by atoms with Gasteiger partial charge in [-0.05, 0) is 36.3 Å². The van der Waals surface area contributed by atoms with E-state index in [1.54, 1.807) is 34.4 Å². The standard InChI is InChI=1S/C18H13NO2S4/c1-9-14(18(22-2)25-15(9)17(20)21)16-19-11(8-23-16)13-7-10-5-3-4-6-12(10)24-13/h3-8H,1-2H3,(H,20,21). The van der Waals surface area contributed by atoms with Crippen molar-refractivity contribution in [2.75, 3.05) is 6.26 Å². The molecule has 3 heterocycles. The molecule has 4 aromatic rings. The lowest BCUT2D eigenvalue weighted by molar-refractivity contribution is 0.0701. The second-order valence-electron chi connectivity index (χ2n) is 5.41. The number of aromatic carboxylic acids is 1. The van der Waals surface area contributed by atoms with Gasteiger partial charge in [-0.1, -0.05) is 18.2 Å². The third kappa shape index (κ3) is 2.91. The molecule has 0 aliphatic heterocycles. The lowest BCUT2D eigenvalue weighted by Crippen LogP contribution is -1.94. The van der Waals surface area contributed by atoms with Crippen LogP contribution < -0.4 is 0 Å². The number of fused-ring (bicyclic) bond motifs is 1. The number of nitrogens with zero attached hydrogens (tertiary/aromatic N) is 1. The molecule has 0 unspecified atom stereocenters. The summed E-state index contributed by atoms with van der Waals surface area (Å²) in [4.78, 5) is 17.8. The normalized spacial score (nSPS) is 11.3. The molecule has 1 aromatic carbocycles. The smallest absolute Gasteiger partial charge is 0.346 e. The van der Waals surface area contributed by atoms with Crippen LogP contribution in [0.3, 0.4) is 0 Å². The summed E-state index contributed by atoms with van der Waals surface area (Å²) in [6, 6.07) is 10.5. The molecule has 0 aliphatic rings. The number of hydrogen-bond acceptors (Lipinski definition) is 6. The third-order valence-electron chi connectivity index (χ3n) is 3.89. The molecule has 0 bridgehead atoms. The number of benzene rings is 1. The molecular weight excluding hydrogens is 390 g/mol. The minimum atomic E-state index is -0.870. The second kappa shape index (κ2) is 6.57. The van der Waals surface area contributed by atoms with Crippen LogP contribution in [-0.4, -0.2) is 22.3 Å². The zero-order valence-electron chi connectivity index (χ0n) is 13.4. The average molecular weight is 404 g/mol. The summed E-state index contributed by atoms with van der Waals surface area (Å²) < 4.78 is 2.25. The molecule has 0 spiro atoms. The van der Waals surface area contributed by atoms with Crippen LogP contribution in [0.25, 0.3) is 31.2 Å². The van der Waals surface area contributed by atoms with E-state index in [1.807, 2.05) is 25.3 Å². The van der Waals surface area contributed by atoms with Gasteiger partial charge in [0.15, 0.2) is 0 Å². The molecule has 0 fully saturated rings. The van der Waals surface area contributed by atoms with Crippen molar-refractivity contribution in [3.63, 3.8) is 0 Å². The zero-order valence-corrected chi connectivity index (χ0v) is 16.7. The molecule has 0 saturated heterocycles. The minimum absolute atomic E-state index is 0.401. The van der Waals surface area contributed by atoms with Gasteiger partial charge in [-0.2, -0.15) is 0 Å². The van der Waals surface area contributed by atoms with Gasteiger partial charge in [0.25, 0.3) is 0 Å². The number of carboxylic acids is 1. The van der Waals surface area contributed by atoms with Crippen molar-refractivity contribution in [1.29, 1.82) is 0 Å². The van der Waals surface area contributed by atoms with E-state index in [0.29, 0.717) is 4.88 Å². The van der Waals surface area contributed by atoms with Gasteiger partial charge < -0.3 is 5.11 Å². The molecule has 3 aromatic heterocycles. The molecule has 7 heteroatoms. The summed E-state index contributed by atoms with van der Waals surface area (Å²) in [5.74, 6) is -0.870. The van der Waals surface area contributed by atoms with Crippen LogP contribution in [0.2, 0.25) is 0 Å². The van der Waals surface area contributed by atoms with E-state index in [4.69, 9.17) is 4.98 Å². The van der Waals surface area contributed by atoms with Gasteiger partial charge in [-0.15, -0.1) is 45.8 Å². The molecule has 4 rings (SSSR count). The van der Waals surface area contributed by atoms with Gasteiger partial charge in [0.05, 0.1) is 14.8 Å². The minimum Gasteiger partial charge on any atom is -0.477 e. The zero-order chi connectivity index (χ0) is 17.6. The first-order chi connectivity index (χ1) is 12.1. The van der Waals surface area contributed by atoms with Gasteiger partial charge in [0.1, 0.15) is 9.88 Å². The van der Waals surface area contributed by atoms with Crippen molar-refractivity contribution in [3.05, 3.63) is 46.2 Å². The molecule has 1 N–H and O–H groups in total. The number of carbonyl (C=O) groups is 1. The molecular formula is C18H13NO2S4. The Morgan fingerprint density at radius 2 is 2.04 bits per heavy atom. The summed E-state index contributed by atoms with van der Waals surface area (Å²) in [7, 11) is 0. The van der Waals surface area contributed by atoms with Crippen molar-refractivity contribution in [2.24, 2.45) is 0 Å². The highest BCUT2D eigenvalue weighted by Gasteiger charge is 2.22. The molecule has 0 amide bonds. The molecule has 126 valence electrons. The summed E-state index contributed by atoms with van der Waals surface area (Å²) in [6.07, 6.45) is 1.97. The van der Waals surface area contributed by atoms with Gasteiger partial charge in [-0.3, -0.25) is 0 Å². The Kier molecular flexibility index (Phi) is 4.41. The molecule has 3 nitrogen and oxygen atoms in total. The predicted molar refractivity (Wildman–Crippen MR) is 110 cm³/mol. The molecule has 0 atom stereocenters. The van der Waals surface area contributed by atoms with Crippen molar-refractivity contribution in [2.45, 2.75) is 11.1 Å². The Morgan fingerprint density at radius 1 is 1.24 bits per heavy atom. The lowest BCUT2D eigenvalue weighted by Gasteiger charge is -1.99. The number of thiazole rings is 1. The maximum atomic E-state index is 11.4. The van der Waals surface area contributed by atoms with Gasteiger partial charge >= 0.3 is 5.97 Å². The highest BCUT2D eigenvalue weighted by Crippen LogP contribution is 2.44. The van der Waals surface area contributed by atoms with Crippen LogP contribution in [0.15, 0.2) is 39.9 Å². The fraction of sp³-hybridized carbons (Fsp3) is 0.111. The Balaban J connectivity index is 1.80. The SMILES string of the molecule is CSc1sc(C(=O)O)c(C)c1-c1nc(-c2cc3ccccc3s2)cs1. The van der Waals surface area contributed by atoms with Crippen LogP contribution in [0, 0.1) is 6.92 Å². The Labute approximate surface area is 161 Å². The topological polar surface area (TPSA) is 50.2 Å². The number of thiophene rings is 2. The number of thioether (sulfide) groups is 1. The maximum absolute atomic E-state index is 11.4. The van der Waals surface area contributed by atoms with Crippen LogP contribution in [0.5, 0.6) is 0 Å². The maximum Gasteiger partial charge on any atom is 0.346 e. The lowest BCUT2D eigenvalue weighted by atomic mass is 10.2. The summed E-state index contributed by atoms with van der Waals surface area (Å²) in [6.45, 7) is 1.87. The quantitative estimate of drug-likeness (QED) is 0.396. The van der Waals surface area contributed by atoms with E-state index in [2.05, 4.69) is 23.6 Å². The van der Waals surface area contributed by atoms with Crippen molar-refractivity contribution in [1.82, 2.24) is 4.98 Å². The Bertz CT molecular complexity index is 1060. The number of aromatic nitrogens is 1. The monoisotopic (exact) mass is 403 g/mol. The fourth-order valence-electron chi connectivity index (χ4n) is 2.69. The summed E-state index contributed by atoms with van der Waals surface area (Å²) in [5, 5.41) is 13.6. The van der Waals surface area contributed by atoms with Crippen LogP contribution >= 0.6 is 45.8 Å². The predicted octanol–water partition coefficient (Wildman–Crippen LogP) is 6.48. The summed E-state index contributed by atoms with van der Waals surface area (Å²) in [5.41, 5.74) is 2.72. The van der Waals surface area contributed by atoms with E-state index < -0.39 is 5.97 Å². The number of carboxylic acid groups (broad SMARTS) is 1. The third-order valence-corrected chi connectivity index (χ3v) is 8.29. The highest BCUT2D eigenvalue weighted by molar-refractivity contribution is 8.00. The second-order valence-corrected chi connectivity index (χ2v) is 9.45. The fourth-order valence-corrected chi connectivity index (χ4v) is 6.76. The van der Waals surface area contributed by atoms with Crippen LogP contribution in [0.4, 0.5) is 0 Å². The van der Waals surface area contributed by atoms with Crippen LogP contribution in [-0.2, 0) is 0 Å². The Morgan fingerprint density at radius 3 is 2.76 bits per heavy atom. The van der Waals surface area contributed by atoms with Crippen molar-refractivity contribution in [3.8, 4) is 21.1 Å². The molecule has 0 radical (unpaired) electrons. The first kappa shape index (κ1) is 16.8. The number of hydrogen-bond donors (Lipinski definition) is 1. The van der Waals surface area contributed by atoms with Crippen molar-refractivity contribution < 1.29 is 9.90 Å². The average Bonchev–Trinajstić information content (AvgIpc) is 3.30. The van der Waals surface area contributed by atoms with E-state index in [9.17, 15) is 9.90 Å². The number of rotatable bonds is 4. The summed E-state index contributed by atoms with van der Waals surface area (Å²) >= 11 is 6.21. The van der Waals surface area contributed by atoms with Gasteiger partial charge in [-0.25, -0.2) is 9.78 Å².